The molecular formula is C34H42N6O2. The van der Waals surface area contributed by atoms with E-state index in [9.17, 15) is 10.1 Å². The predicted molar refractivity (Wildman–Crippen MR) is 167 cm³/mol. The maximum Gasteiger partial charge on any atom is 0.410 e. The molecule has 8 nitrogen and oxygen atoms in total. The van der Waals surface area contributed by atoms with Crippen molar-refractivity contribution in [2.45, 2.75) is 58.7 Å². The van der Waals surface area contributed by atoms with E-state index in [2.05, 4.69) is 63.0 Å². The zero-order chi connectivity index (χ0) is 29.4. The van der Waals surface area contributed by atoms with Crippen LogP contribution in [0.4, 0.5) is 16.2 Å². The third-order valence-electron chi connectivity index (χ3n) is 8.89. The fraction of sp³-hybridized carbons (Fsp3) is 0.500. The van der Waals surface area contributed by atoms with Gasteiger partial charge >= 0.3 is 6.09 Å². The largest absolute Gasteiger partial charge is 0.444 e. The van der Waals surface area contributed by atoms with E-state index in [0.717, 1.165) is 56.6 Å². The number of aromatic nitrogens is 1. The molecule has 0 radical (unpaired) electrons. The number of piperidine rings is 1. The lowest BCUT2D eigenvalue weighted by Crippen LogP contribution is -2.52. The van der Waals surface area contributed by atoms with E-state index in [1.54, 1.807) is 6.20 Å². The molecule has 0 spiro atoms. The van der Waals surface area contributed by atoms with Gasteiger partial charge in [0.2, 0.25) is 0 Å². The predicted octanol–water partition coefficient (Wildman–Crippen LogP) is 5.44. The Morgan fingerprint density at radius 3 is 2.57 bits per heavy atom. The summed E-state index contributed by atoms with van der Waals surface area (Å²) in [5.41, 5.74) is 6.27. The van der Waals surface area contributed by atoms with Crippen molar-refractivity contribution in [2.75, 3.05) is 55.6 Å². The van der Waals surface area contributed by atoms with Gasteiger partial charge in [0, 0.05) is 81.4 Å². The van der Waals surface area contributed by atoms with Gasteiger partial charge in [-0.1, -0.05) is 13.0 Å². The van der Waals surface area contributed by atoms with Gasteiger partial charge in [-0.15, -0.1) is 0 Å². The third-order valence-corrected chi connectivity index (χ3v) is 8.89. The molecule has 3 aliphatic rings. The van der Waals surface area contributed by atoms with Gasteiger partial charge in [0.05, 0.1) is 11.1 Å². The maximum atomic E-state index is 12.5. The zero-order valence-corrected chi connectivity index (χ0v) is 25.3. The number of carbonyl (C=O) groups is 1. The van der Waals surface area contributed by atoms with Crippen LogP contribution >= 0.6 is 0 Å². The molecule has 0 saturated carbocycles. The number of fused-ring (bicyclic) bond motifs is 2. The van der Waals surface area contributed by atoms with Gasteiger partial charge in [0.15, 0.2) is 0 Å². The fourth-order valence-corrected chi connectivity index (χ4v) is 6.85. The van der Waals surface area contributed by atoms with Crippen LogP contribution in [0.1, 0.15) is 50.8 Å². The monoisotopic (exact) mass is 566 g/mol. The van der Waals surface area contributed by atoms with Crippen LogP contribution < -0.4 is 9.80 Å². The topological polar surface area (TPSA) is 75.9 Å². The lowest BCUT2D eigenvalue weighted by Gasteiger charge is -2.45. The summed E-state index contributed by atoms with van der Waals surface area (Å²) in [7, 11) is 0. The number of ether oxygens (including phenoxy) is 1. The minimum absolute atomic E-state index is 0.215. The highest BCUT2D eigenvalue weighted by Crippen LogP contribution is 2.34. The number of nitriles is 1. The molecule has 1 amide bonds. The summed E-state index contributed by atoms with van der Waals surface area (Å²) in [4.78, 5) is 26.4. The SMILES string of the molecule is C[C@@H]1C[C@H](N2CCc3cc(N4CCN(C(=O)OC(C)(C)C)CC4)ccc3C2)CN(c2ccc(C#N)c3ncccc23)C1. The van der Waals surface area contributed by atoms with Crippen molar-refractivity contribution in [3.05, 3.63) is 65.4 Å². The summed E-state index contributed by atoms with van der Waals surface area (Å²) < 4.78 is 5.57. The fourth-order valence-electron chi connectivity index (χ4n) is 6.85. The second kappa shape index (κ2) is 11.4. The quantitative estimate of drug-likeness (QED) is 0.418. The van der Waals surface area contributed by atoms with Gasteiger partial charge in [-0.3, -0.25) is 9.88 Å². The highest BCUT2D eigenvalue weighted by molar-refractivity contribution is 5.95. The second-order valence-corrected chi connectivity index (χ2v) is 13.2. The van der Waals surface area contributed by atoms with Crippen molar-refractivity contribution in [2.24, 2.45) is 5.92 Å². The molecule has 220 valence electrons. The van der Waals surface area contributed by atoms with Crippen LogP contribution in [0, 0.1) is 17.2 Å². The number of hydrogen-bond acceptors (Lipinski definition) is 7. The molecule has 2 fully saturated rings. The van der Waals surface area contributed by atoms with Crippen LogP contribution in [0.2, 0.25) is 0 Å². The summed E-state index contributed by atoms with van der Waals surface area (Å²) in [5.74, 6) is 0.578. The molecule has 0 aliphatic carbocycles. The lowest BCUT2D eigenvalue weighted by molar-refractivity contribution is 0.0240. The van der Waals surface area contributed by atoms with Gasteiger partial charge in [-0.05, 0) is 87.1 Å². The van der Waals surface area contributed by atoms with Gasteiger partial charge in [0.1, 0.15) is 11.7 Å². The molecule has 0 unspecified atom stereocenters. The Labute approximate surface area is 249 Å². The Bertz CT molecular complexity index is 1500. The molecule has 4 heterocycles. The first-order chi connectivity index (χ1) is 20.2. The summed E-state index contributed by atoms with van der Waals surface area (Å²) in [6.07, 6.45) is 3.80. The molecule has 2 aromatic carbocycles. The number of piperazine rings is 1. The number of amides is 1. The molecule has 2 saturated heterocycles. The van der Waals surface area contributed by atoms with Crippen molar-refractivity contribution in [3.8, 4) is 6.07 Å². The van der Waals surface area contributed by atoms with E-state index in [1.807, 2.05) is 37.8 Å². The minimum atomic E-state index is -0.468. The van der Waals surface area contributed by atoms with Crippen LogP contribution in [-0.2, 0) is 17.7 Å². The first kappa shape index (κ1) is 28.3. The Balaban J connectivity index is 1.12. The van der Waals surface area contributed by atoms with Crippen LogP contribution in [0.3, 0.4) is 0 Å². The zero-order valence-electron chi connectivity index (χ0n) is 25.3. The second-order valence-electron chi connectivity index (χ2n) is 13.2. The number of pyridine rings is 1. The van der Waals surface area contributed by atoms with Crippen LogP contribution in [0.25, 0.3) is 10.9 Å². The first-order valence-electron chi connectivity index (χ1n) is 15.3. The lowest BCUT2D eigenvalue weighted by atomic mass is 9.91. The van der Waals surface area contributed by atoms with Gasteiger partial charge in [-0.2, -0.15) is 5.26 Å². The summed E-state index contributed by atoms with van der Waals surface area (Å²) in [6, 6.07) is 17.8. The standard InChI is InChI=1S/C34H42N6O2/c1-24-18-29(23-40(21-24)31-10-8-26(20-35)32-30(31)6-5-12-36-32)39-13-11-25-19-28(9-7-27(25)22-39)37-14-16-38(17-15-37)33(41)42-34(2,3)4/h5-10,12,19,24,29H,11,13-18,21-23H2,1-4H3/t24-,29+/m1/s1. The highest BCUT2D eigenvalue weighted by Gasteiger charge is 2.32. The third kappa shape index (κ3) is 5.89. The van der Waals surface area contributed by atoms with Crippen molar-refractivity contribution in [1.29, 1.82) is 5.26 Å². The molecule has 2 atom stereocenters. The molecule has 3 aromatic rings. The number of anilines is 2. The molecule has 42 heavy (non-hydrogen) atoms. The van der Waals surface area contributed by atoms with E-state index in [4.69, 9.17) is 4.74 Å². The van der Waals surface area contributed by atoms with Gasteiger partial charge in [-0.25, -0.2) is 4.79 Å². The van der Waals surface area contributed by atoms with Crippen molar-refractivity contribution in [3.63, 3.8) is 0 Å². The molecule has 6 rings (SSSR count). The summed E-state index contributed by atoms with van der Waals surface area (Å²) in [5, 5.41) is 10.7. The van der Waals surface area contributed by atoms with Crippen molar-refractivity contribution >= 4 is 28.4 Å². The van der Waals surface area contributed by atoms with Crippen molar-refractivity contribution in [1.82, 2.24) is 14.8 Å². The highest BCUT2D eigenvalue weighted by atomic mass is 16.6. The molecule has 8 heteroatoms. The Morgan fingerprint density at radius 1 is 1.00 bits per heavy atom. The smallest absolute Gasteiger partial charge is 0.410 e. The molecule has 3 aliphatic heterocycles. The Kier molecular flexibility index (Phi) is 7.71. The van der Waals surface area contributed by atoms with E-state index in [-0.39, 0.29) is 6.09 Å². The Morgan fingerprint density at radius 2 is 1.81 bits per heavy atom. The van der Waals surface area contributed by atoms with Crippen LogP contribution in [0.15, 0.2) is 48.7 Å². The van der Waals surface area contributed by atoms with Crippen LogP contribution in [-0.4, -0.2) is 78.3 Å². The molecule has 1 aromatic heterocycles. The van der Waals surface area contributed by atoms with E-state index in [1.165, 1.54) is 28.9 Å². The summed E-state index contributed by atoms with van der Waals surface area (Å²) in [6.45, 7) is 15.1. The van der Waals surface area contributed by atoms with Gasteiger partial charge in [0.25, 0.3) is 0 Å². The summed E-state index contributed by atoms with van der Waals surface area (Å²) >= 11 is 0. The number of benzene rings is 2. The van der Waals surface area contributed by atoms with E-state index >= 15 is 0 Å². The molecule has 0 N–H and O–H groups in total. The maximum absolute atomic E-state index is 12.5. The van der Waals surface area contributed by atoms with Crippen molar-refractivity contribution < 1.29 is 9.53 Å². The van der Waals surface area contributed by atoms with E-state index < -0.39 is 5.60 Å². The number of rotatable bonds is 3. The molecule has 0 bridgehead atoms. The minimum Gasteiger partial charge on any atom is -0.444 e. The van der Waals surface area contributed by atoms with Gasteiger partial charge < -0.3 is 19.4 Å². The number of hydrogen-bond donors (Lipinski definition) is 0. The molecular weight excluding hydrogens is 524 g/mol. The first-order valence-corrected chi connectivity index (χ1v) is 15.3. The van der Waals surface area contributed by atoms with E-state index in [0.29, 0.717) is 30.6 Å². The Hall–Kier alpha value is -3.83. The number of carbonyl (C=O) groups excluding carboxylic acids is 1. The average molecular weight is 567 g/mol. The number of nitrogens with zero attached hydrogens (tertiary/aromatic N) is 6. The average Bonchev–Trinajstić information content (AvgIpc) is 2.99. The van der Waals surface area contributed by atoms with Crippen LogP contribution in [0.5, 0.6) is 0 Å². The normalized spacial score (nSPS) is 21.6.